The van der Waals surface area contributed by atoms with Crippen molar-refractivity contribution in [2.45, 2.75) is 0 Å². The molecule has 0 unspecified atom stereocenters. The number of carbonyl (C=O) groups is 1. The van der Waals surface area contributed by atoms with E-state index in [1.54, 1.807) is 35.0 Å². The van der Waals surface area contributed by atoms with E-state index < -0.39 is 5.97 Å². The lowest BCUT2D eigenvalue weighted by Gasteiger charge is -2.04. The number of carboxylic acid groups (broad SMARTS) is 1. The molecule has 3 aromatic rings. The average molecular weight is 256 g/mol. The first-order valence-electron chi connectivity index (χ1n) is 5.61. The summed E-state index contributed by atoms with van der Waals surface area (Å²) in [5, 5.41) is 9.64. The maximum Gasteiger partial charge on any atom is 0.337 e. The van der Waals surface area contributed by atoms with Crippen LogP contribution in [0.15, 0.2) is 48.8 Å². The molecule has 0 fully saturated rings. The summed E-state index contributed by atoms with van der Waals surface area (Å²) in [6, 6.07) is 9.35. The molecule has 0 bridgehead atoms. The molecule has 4 nitrogen and oxygen atoms in total. The third-order valence-electron chi connectivity index (χ3n) is 2.88. The molecule has 0 radical (unpaired) electrons. The van der Waals surface area contributed by atoms with Crippen LogP contribution in [-0.4, -0.2) is 20.6 Å². The van der Waals surface area contributed by atoms with Crippen LogP contribution in [0.25, 0.3) is 16.7 Å². The Bertz CT molecular complexity index is 763. The average Bonchev–Trinajstić information content (AvgIpc) is 2.82. The molecule has 0 aliphatic rings. The van der Waals surface area contributed by atoms with Gasteiger partial charge in [-0.2, -0.15) is 0 Å². The molecule has 0 aliphatic heterocycles. The number of nitrogens with zero attached hydrogens (tertiary/aromatic N) is 2. The lowest BCUT2D eigenvalue weighted by molar-refractivity contribution is 0.0696. The van der Waals surface area contributed by atoms with Gasteiger partial charge in [-0.3, -0.25) is 0 Å². The zero-order valence-corrected chi connectivity index (χ0v) is 9.75. The molecule has 0 atom stereocenters. The van der Waals surface area contributed by atoms with Crippen molar-refractivity contribution < 1.29 is 14.3 Å². The lowest BCUT2D eigenvalue weighted by atomic mass is 10.2. The van der Waals surface area contributed by atoms with Gasteiger partial charge in [0.2, 0.25) is 0 Å². The van der Waals surface area contributed by atoms with Gasteiger partial charge in [0.1, 0.15) is 11.5 Å². The van der Waals surface area contributed by atoms with Crippen LogP contribution in [0.4, 0.5) is 4.39 Å². The summed E-state index contributed by atoms with van der Waals surface area (Å²) in [5.41, 5.74) is 1.55. The van der Waals surface area contributed by atoms with Crippen molar-refractivity contribution in [2.24, 2.45) is 0 Å². The summed E-state index contributed by atoms with van der Waals surface area (Å²) in [4.78, 5) is 15.0. The van der Waals surface area contributed by atoms with Crippen LogP contribution >= 0.6 is 0 Å². The molecule has 94 valence electrons. The number of benzene rings is 1. The lowest BCUT2D eigenvalue weighted by Crippen LogP contribution is -1.98. The molecule has 0 saturated carbocycles. The van der Waals surface area contributed by atoms with Gasteiger partial charge in [0.25, 0.3) is 0 Å². The topological polar surface area (TPSA) is 55.1 Å². The largest absolute Gasteiger partial charge is 0.478 e. The number of fused-ring (bicyclic) bond motifs is 1. The molecule has 19 heavy (non-hydrogen) atoms. The molecule has 0 aliphatic carbocycles. The number of carboxylic acids is 1. The van der Waals surface area contributed by atoms with E-state index in [1.807, 2.05) is 0 Å². The summed E-state index contributed by atoms with van der Waals surface area (Å²) >= 11 is 0. The van der Waals surface area contributed by atoms with E-state index in [4.69, 9.17) is 5.11 Å². The zero-order valence-electron chi connectivity index (χ0n) is 9.75. The summed E-state index contributed by atoms with van der Waals surface area (Å²) < 4.78 is 14.7. The summed E-state index contributed by atoms with van der Waals surface area (Å²) in [6.07, 6.45) is 3.08. The molecular weight excluding hydrogens is 247 g/mol. The van der Waals surface area contributed by atoms with Crippen LogP contribution in [0.5, 0.6) is 0 Å². The first-order valence-corrected chi connectivity index (χ1v) is 5.61. The number of hydrogen-bond donors (Lipinski definition) is 1. The van der Waals surface area contributed by atoms with Crippen molar-refractivity contribution in [1.29, 1.82) is 0 Å². The van der Waals surface area contributed by atoms with Gasteiger partial charge in [-0.05, 0) is 36.4 Å². The summed E-state index contributed by atoms with van der Waals surface area (Å²) in [7, 11) is 0. The predicted octanol–water partition coefficient (Wildman–Crippen LogP) is 2.86. The first-order chi connectivity index (χ1) is 9.15. The molecule has 5 heteroatoms. The number of pyridine rings is 1. The van der Waals surface area contributed by atoms with Gasteiger partial charge in [0.15, 0.2) is 0 Å². The fourth-order valence-electron chi connectivity index (χ4n) is 1.95. The number of aromatic carboxylic acids is 1. The van der Waals surface area contributed by atoms with Gasteiger partial charge < -0.3 is 9.67 Å². The molecule has 0 saturated heterocycles. The monoisotopic (exact) mass is 256 g/mol. The Labute approximate surface area is 107 Å². The first kappa shape index (κ1) is 11.4. The van der Waals surface area contributed by atoms with E-state index in [0.29, 0.717) is 5.65 Å². The molecule has 2 heterocycles. The van der Waals surface area contributed by atoms with Crippen LogP contribution in [0, 0.1) is 5.82 Å². The Balaban J connectivity index is 2.15. The van der Waals surface area contributed by atoms with Crippen LogP contribution in [0.2, 0.25) is 0 Å². The zero-order chi connectivity index (χ0) is 13.4. The van der Waals surface area contributed by atoms with E-state index in [1.165, 1.54) is 18.3 Å². The highest BCUT2D eigenvalue weighted by Gasteiger charge is 2.08. The molecule has 1 aromatic carbocycles. The second kappa shape index (κ2) is 4.20. The van der Waals surface area contributed by atoms with Gasteiger partial charge in [-0.25, -0.2) is 14.2 Å². The van der Waals surface area contributed by atoms with Crippen molar-refractivity contribution in [3.63, 3.8) is 0 Å². The van der Waals surface area contributed by atoms with Crippen LogP contribution in [0.1, 0.15) is 10.4 Å². The Morgan fingerprint density at radius 2 is 1.95 bits per heavy atom. The minimum absolute atomic E-state index is 0.143. The summed E-state index contributed by atoms with van der Waals surface area (Å²) in [6.45, 7) is 0. The molecular formula is C14H9FN2O2. The fourth-order valence-corrected chi connectivity index (χ4v) is 1.95. The third-order valence-corrected chi connectivity index (χ3v) is 2.88. The predicted molar refractivity (Wildman–Crippen MR) is 68.0 cm³/mol. The van der Waals surface area contributed by atoms with Crippen molar-refractivity contribution in [1.82, 2.24) is 9.55 Å². The van der Waals surface area contributed by atoms with Gasteiger partial charge in [-0.15, -0.1) is 0 Å². The highest BCUT2D eigenvalue weighted by molar-refractivity contribution is 5.92. The van der Waals surface area contributed by atoms with E-state index >= 15 is 0 Å². The maximum atomic E-state index is 12.9. The van der Waals surface area contributed by atoms with E-state index in [2.05, 4.69) is 4.98 Å². The van der Waals surface area contributed by atoms with E-state index in [9.17, 15) is 9.18 Å². The van der Waals surface area contributed by atoms with E-state index in [-0.39, 0.29) is 11.4 Å². The van der Waals surface area contributed by atoms with Crippen molar-refractivity contribution >= 4 is 17.0 Å². The molecule has 2 aromatic heterocycles. The smallest absolute Gasteiger partial charge is 0.337 e. The molecule has 0 amide bonds. The van der Waals surface area contributed by atoms with Crippen molar-refractivity contribution in [3.05, 3.63) is 60.2 Å². The highest BCUT2D eigenvalue weighted by atomic mass is 19.1. The van der Waals surface area contributed by atoms with E-state index in [0.717, 1.165) is 11.1 Å². The Kier molecular flexibility index (Phi) is 2.52. The van der Waals surface area contributed by atoms with Gasteiger partial charge in [-0.1, -0.05) is 0 Å². The van der Waals surface area contributed by atoms with Crippen LogP contribution < -0.4 is 0 Å². The molecule has 0 spiro atoms. The number of hydrogen-bond acceptors (Lipinski definition) is 2. The highest BCUT2D eigenvalue weighted by Crippen LogP contribution is 2.19. The van der Waals surface area contributed by atoms with Gasteiger partial charge in [0.05, 0.1) is 5.56 Å². The second-order valence-electron chi connectivity index (χ2n) is 4.10. The van der Waals surface area contributed by atoms with Gasteiger partial charge in [0, 0.05) is 23.5 Å². The Morgan fingerprint density at radius 3 is 2.63 bits per heavy atom. The molecule has 3 rings (SSSR count). The normalized spacial score (nSPS) is 10.8. The standard InChI is InChI=1S/C14H9FN2O2/c15-11-1-3-12(4-2-11)17-6-5-9-7-10(14(18)19)8-16-13(9)17/h1-8H,(H,18,19). The van der Waals surface area contributed by atoms with Crippen molar-refractivity contribution in [2.75, 3.05) is 0 Å². The second-order valence-corrected chi connectivity index (χ2v) is 4.10. The fraction of sp³-hybridized carbons (Fsp3) is 0. The molecule has 1 N–H and O–H groups in total. The number of halogens is 1. The SMILES string of the molecule is O=C(O)c1cnc2c(ccn2-c2ccc(F)cc2)c1. The number of rotatable bonds is 2. The van der Waals surface area contributed by atoms with Gasteiger partial charge >= 0.3 is 5.97 Å². The third kappa shape index (κ3) is 1.95. The van der Waals surface area contributed by atoms with Crippen molar-refractivity contribution in [3.8, 4) is 5.69 Å². The maximum absolute atomic E-state index is 12.9. The minimum Gasteiger partial charge on any atom is -0.478 e. The Hall–Kier alpha value is -2.69. The van der Waals surface area contributed by atoms with Crippen LogP contribution in [0.3, 0.4) is 0 Å². The quantitative estimate of drug-likeness (QED) is 0.767. The summed E-state index contributed by atoms with van der Waals surface area (Å²) in [5.74, 6) is -1.31. The van der Waals surface area contributed by atoms with Crippen LogP contribution in [-0.2, 0) is 0 Å². The number of aromatic nitrogens is 2. The Morgan fingerprint density at radius 1 is 1.21 bits per heavy atom. The minimum atomic E-state index is -1.01.